The van der Waals surface area contributed by atoms with Crippen LogP contribution < -0.4 is 10.6 Å². The van der Waals surface area contributed by atoms with E-state index in [2.05, 4.69) is 30.8 Å². The number of nitrogens with one attached hydrogen (secondary N) is 2. The van der Waals surface area contributed by atoms with Gasteiger partial charge in [0.05, 0.1) is 17.0 Å². The van der Waals surface area contributed by atoms with Crippen LogP contribution in [0.5, 0.6) is 0 Å². The molecule has 0 saturated heterocycles. The van der Waals surface area contributed by atoms with Crippen molar-refractivity contribution in [3.63, 3.8) is 0 Å². The highest BCUT2D eigenvalue weighted by atomic mass is 32.1. The fourth-order valence-corrected chi connectivity index (χ4v) is 4.91. The SMILES string of the molecule is CNc1nc(-c2ccc(F)c(N=Nc3cc(-c4csc(Nc5cccc(C(F)(F)F)c5)n4)ccc3F)c2)cs1. The molecular formula is C26H17F5N6S2. The molecule has 0 fully saturated rings. The number of azo groups is 1. The lowest BCUT2D eigenvalue weighted by atomic mass is 10.1. The second-order valence-electron chi connectivity index (χ2n) is 8.06. The Bertz CT molecular complexity index is 1660. The van der Waals surface area contributed by atoms with E-state index in [0.29, 0.717) is 32.8 Å². The Morgan fingerprint density at radius 2 is 1.31 bits per heavy atom. The van der Waals surface area contributed by atoms with Crippen LogP contribution in [0.1, 0.15) is 5.56 Å². The molecular weight excluding hydrogens is 555 g/mol. The lowest BCUT2D eigenvalue weighted by Crippen LogP contribution is -2.05. The third-order valence-electron chi connectivity index (χ3n) is 5.41. The summed E-state index contributed by atoms with van der Waals surface area (Å²) in [5.74, 6) is -1.30. The Morgan fingerprint density at radius 1 is 0.744 bits per heavy atom. The number of aromatic nitrogens is 2. The average Bonchev–Trinajstić information content (AvgIpc) is 3.59. The summed E-state index contributed by atoms with van der Waals surface area (Å²) in [6.45, 7) is 0. The summed E-state index contributed by atoms with van der Waals surface area (Å²) in [7, 11) is 1.74. The lowest BCUT2D eigenvalue weighted by molar-refractivity contribution is -0.137. The molecule has 0 aliphatic carbocycles. The van der Waals surface area contributed by atoms with Gasteiger partial charge in [-0.25, -0.2) is 18.7 Å². The van der Waals surface area contributed by atoms with Gasteiger partial charge in [-0.1, -0.05) is 6.07 Å². The summed E-state index contributed by atoms with van der Waals surface area (Å²) in [5.41, 5.74) is 1.42. The molecule has 0 saturated carbocycles. The molecule has 39 heavy (non-hydrogen) atoms. The first kappa shape index (κ1) is 26.4. The lowest BCUT2D eigenvalue weighted by Gasteiger charge is -2.09. The summed E-state index contributed by atoms with van der Waals surface area (Å²) >= 11 is 2.56. The van der Waals surface area contributed by atoms with E-state index in [-0.39, 0.29) is 17.1 Å². The van der Waals surface area contributed by atoms with Crippen molar-refractivity contribution in [1.82, 2.24) is 9.97 Å². The molecule has 0 bridgehead atoms. The molecule has 0 aliphatic heterocycles. The molecule has 198 valence electrons. The Kier molecular flexibility index (Phi) is 7.35. The number of benzene rings is 3. The summed E-state index contributed by atoms with van der Waals surface area (Å²) in [5, 5.41) is 18.2. The van der Waals surface area contributed by atoms with Gasteiger partial charge in [-0.2, -0.15) is 13.2 Å². The van der Waals surface area contributed by atoms with E-state index in [1.807, 2.05) is 5.38 Å². The third kappa shape index (κ3) is 6.10. The minimum absolute atomic E-state index is 0.0856. The number of nitrogens with zero attached hydrogens (tertiary/aromatic N) is 4. The van der Waals surface area contributed by atoms with Gasteiger partial charge in [-0.05, 0) is 54.6 Å². The van der Waals surface area contributed by atoms with Crippen LogP contribution in [0.4, 0.5) is 49.3 Å². The van der Waals surface area contributed by atoms with Crippen molar-refractivity contribution in [2.75, 3.05) is 17.7 Å². The van der Waals surface area contributed by atoms with Crippen LogP contribution in [-0.2, 0) is 6.18 Å². The quantitative estimate of drug-likeness (QED) is 0.150. The molecule has 0 aliphatic rings. The maximum absolute atomic E-state index is 14.5. The molecule has 5 rings (SSSR count). The first-order valence-electron chi connectivity index (χ1n) is 11.2. The van der Waals surface area contributed by atoms with E-state index in [4.69, 9.17) is 0 Å². The molecule has 3 aromatic carbocycles. The van der Waals surface area contributed by atoms with Gasteiger partial charge in [-0.3, -0.25) is 0 Å². The molecule has 5 aromatic rings. The minimum Gasteiger partial charge on any atom is -0.365 e. The number of halogens is 5. The molecule has 2 heterocycles. The number of hydrogen-bond donors (Lipinski definition) is 2. The van der Waals surface area contributed by atoms with Crippen LogP contribution in [0.15, 0.2) is 81.7 Å². The van der Waals surface area contributed by atoms with Gasteiger partial charge in [-0.15, -0.1) is 32.9 Å². The van der Waals surface area contributed by atoms with Crippen molar-refractivity contribution >= 4 is 50.0 Å². The Balaban J connectivity index is 1.37. The van der Waals surface area contributed by atoms with E-state index < -0.39 is 23.4 Å². The molecule has 2 N–H and O–H groups in total. The summed E-state index contributed by atoms with van der Waals surface area (Å²) in [4.78, 5) is 8.77. The predicted molar refractivity (Wildman–Crippen MR) is 143 cm³/mol. The number of hydrogen-bond acceptors (Lipinski definition) is 8. The van der Waals surface area contributed by atoms with Crippen molar-refractivity contribution in [2.24, 2.45) is 10.2 Å². The van der Waals surface area contributed by atoms with Gasteiger partial charge < -0.3 is 10.6 Å². The highest BCUT2D eigenvalue weighted by Crippen LogP contribution is 2.35. The molecule has 0 unspecified atom stereocenters. The zero-order chi connectivity index (χ0) is 27.6. The molecule has 0 spiro atoms. The van der Waals surface area contributed by atoms with Gasteiger partial charge in [0.1, 0.15) is 11.4 Å². The standard InChI is InChI=1S/C26H17F5N6S2/c1-32-24-34-22(12-38-24)14-5-7-18(27)20(9-14)36-37-21-10-15(6-8-19(21)28)23-13-39-25(35-23)33-17-4-2-3-16(11-17)26(29,30)31/h2-13H,1H3,(H,32,34)(H,33,35). The summed E-state index contributed by atoms with van der Waals surface area (Å²) in [6.07, 6.45) is -4.47. The van der Waals surface area contributed by atoms with Crippen molar-refractivity contribution in [2.45, 2.75) is 6.18 Å². The second-order valence-corrected chi connectivity index (χ2v) is 9.78. The molecule has 0 radical (unpaired) electrons. The number of alkyl halides is 3. The first-order valence-corrected chi connectivity index (χ1v) is 13.0. The van der Waals surface area contributed by atoms with Crippen LogP contribution in [-0.4, -0.2) is 17.0 Å². The van der Waals surface area contributed by atoms with E-state index in [1.54, 1.807) is 18.5 Å². The van der Waals surface area contributed by atoms with Crippen LogP contribution >= 0.6 is 22.7 Å². The average molecular weight is 573 g/mol. The Hall–Kier alpha value is -4.23. The largest absolute Gasteiger partial charge is 0.416 e. The van der Waals surface area contributed by atoms with Gasteiger partial charge in [0.2, 0.25) is 0 Å². The van der Waals surface area contributed by atoms with Gasteiger partial charge >= 0.3 is 6.18 Å². The fourth-order valence-electron chi connectivity index (χ4n) is 3.49. The number of rotatable bonds is 7. The predicted octanol–water partition coefficient (Wildman–Crippen LogP) is 9.43. The maximum Gasteiger partial charge on any atom is 0.416 e. The highest BCUT2D eigenvalue weighted by Gasteiger charge is 2.30. The molecule has 13 heteroatoms. The minimum atomic E-state index is -4.47. The second kappa shape index (κ2) is 10.9. The molecule has 0 amide bonds. The van der Waals surface area contributed by atoms with E-state index in [9.17, 15) is 22.0 Å². The van der Waals surface area contributed by atoms with Crippen LogP contribution in [0.25, 0.3) is 22.5 Å². The van der Waals surface area contributed by atoms with Crippen LogP contribution in [0.3, 0.4) is 0 Å². The van der Waals surface area contributed by atoms with E-state index in [1.165, 1.54) is 65.1 Å². The molecule has 6 nitrogen and oxygen atoms in total. The monoisotopic (exact) mass is 572 g/mol. The van der Waals surface area contributed by atoms with E-state index in [0.717, 1.165) is 12.1 Å². The zero-order valence-electron chi connectivity index (χ0n) is 19.9. The smallest absolute Gasteiger partial charge is 0.365 e. The fraction of sp³-hybridized carbons (Fsp3) is 0.0769. The Morgan fingerprint density at radius 3 is 1.85 bits per heavy atom. The third-order valence-corrected chi connectivity index (χ3v) is 7.03. The summed E-state index contributed by atoms with van der Waals surface area (Å²) in [6, 6.07) is 13.1. The topological polar surface area (TPSA) is 74.6 Å². The van der Waals surface area contributed by atoms with Crippen LogP contribution in [0.2, 0.25) is 0 Å². The summed E-state index contributed by atoms with van der Waals surface area (Å²) < 4.78 is 67.9. The highest BCUT2D eigenvalue weighted by molar-refractivity contribution is 7.14. The number of thiazole rings is 2. The van der Waals surface area contributed by atoms with Crippen molar-refractivity contribution in [3.05, 3.63) is 88.6 Å². The molecule has 0 atom stereocenters. The van der Waals surface area contributed by atoms with Crippen molar-refractivity contribution in [3.8, 4) is 22.5 Å². The van der Waals surface area contributed by atoms with Crippen molar-refractivity contribution in [1.29, 1.82) is 0 Å². The van der Waals surface area contributed by atoms with E-state index >= 15 is 0 Å². The van der Waals surface area contributed by atoms with Gasteiger partial charge in [0, 0.05) is 34.6 Å². The Labute approximate surface area is 226 Å². The van der Waals surface area contributed by atoms with Gasteiger partial charge in [0.25, 0.3) is 0 Å². The zero-order valence-corrected chi connectivity index (χ0v) is 21.6. The molecule has 2 aromatic heterocycles. The normalized spacial score (nSPS) is 11.7. The van der Waals surface area contributed by atoms with Crippen molar-refractivity contribution < 1.29 is 22.0 Å². The maximum atomic E-state index is 14.5. The number of anilines is 3. The van der Waals surface area contributed by atoms with Gasteiger partial charge in [0.15, 0.2) is 21.9 Å². The van der Waals surface area contributed by atoms with Crippen LogP contribution in [0, 0.1) is 11.6 Å². The first-order chi connectivity index (χ1) is 18.7.